The first-order valence-electron chi connectivity index (χ1n) is 11.7. The Kier molecular flexibility index (Phi) is 7.23. The predicted octanol–water partition coefficient (Wildman–Crippen LogP) is 3.03. The van der Waals surface area contributed by atoms with Gasteiger partial charge in [0.25, 0.3) is 0 Å². The lowest BCUT2D eigenvalue weighted by molar-refractivity contribution is -0.126. The Morgan fingerprint density at radius 1 is 1.10 bits per heavy atom. The van der Waals surface area contributed by atoms with E-state index >= 15 is 0 Å². The van der Waals surface area contributed by atoms with Gasteiger partial charge < -0.3 is 20.5 Å². The van der Waals surface area contributed by atoms with Crippen LogP contribution >= 0.6 is 11.6 Å². The molecule has 0 aromatic carbocycles. The van der Waals surface area contributed by atoms with E-state index in [4.69, 9.17) is 21.4 Å². The van der Waals surface area contributed by atoms with Crippen LogP contribution in [0, 0.1) is 29.1 Å². The lowest BCUT2D eigenvalue weighted by atomic mass is 9.49. The number of carbonyl (C=O) groups is 1. The highest BCUT2D eigenvalue weighted by molar-refractivity contribution is 6.27. The Hall–Kier alpha value is -0.880. The van der Waals surface area contributed by atoms with Crippen molar-refractivity contribution in [1.82, 2.24) is 10.6 Å². The summed E-state index contributed by atoms with van der Waals surface area (Å²) in [6.07, 6.45) is 16.5. The lowest BCUT2D eigenvalue weighted by Crippen LogP contribution is -2.53. The van der Waals surface area contributed by atoms with Crippen LogP contribution in [-0.2, 0) is 9.53 Å². The maximum atomic E-state index is 13.1. The minimum atomic E-state index is -0.842. The van der Waals surface area contributed by atoms with E-state index in [1.165, 1.54) is 38.5 Å². The van der Waals surface area contributed by atoms with Crippen LogP contribution < -0.4 is 10.6 Å². The summed E-state index contributed by atoms with van der Waals surface area (Å²) in [6.45, 7) is 3.28. The van der Waals surface area contributed by atoms with E-state index in [-0.39, 0.29) is 12.5 Å². The number of aliphatic hydroxyl groups is 1. The van der Waals surface area contributed by atoms with Crippen LogP contribution in [0.25, 0.3) is 0 Å². The molecule has 0 aromatic rings. The first-order chi connectivity index (χ1) is 14.5. The number of rotatable bonds is 11. The molecule has 2 atom stereocenters. The fourth-order valence-corrected chi connectivity index (χ4v) is 7.01. The number of allylic oxidation sites excluding steroid dienone is 2. The van der Waals surface area contributed by atoms with Crippen molar-refractivity contribution in [3.63, 3.8) is 0 Å². The molecule has 4 saturated carbocycles. The molecule has 0 heterocycles. The molecular weight excluding hydrogens is 400 g/mol. The Labute approximate surface area is 185 Å². The molecule has 5 aliphatic rings. The Morgan fingerprint density at radius 3 is 2.47 bits per heavy atom. The van der Waals surface area contributed by atoms with Crippen molar-refractivity contribution in [2.24, 2.45) is 29.1 Å². The summed E-state index contributed by atoms with van der Waals surface area (Å²) in [6, 6.07) is 0. The average Bonchev–Trinajstić information content (AvgIpc) is 2.71. The molecule has 30 heavy (non-hydrogen) atoms. The van der Waals surface area contributed by atoms with E-state index in [0.29, 0.717) is 25.2 Å². The smallest absolute Gasteiger partial charge is 0.229 e. The highest BCUT2D eigenvalue weighted by Gasteiger charge is 2.51. The van der Waals surface area contributed by atoms with Crippen molar-refractivity contribution in [2.75, 3.05) is 39.5 Å². The van der Waals surface area contributed by atoms with Crippen LogP contribution in [-0.4, -0.2) is 55.3 Å². The molecule has 4 fully saturated rings. The van der Waals surface area contributed by atoms with Gasteiger partial charge in [0.2, 0.25) is 5.91 Å². The quantitative estimate of drug-likeness (QED) is 0.344. The van der Waals surface area contributed by atoms with E-state index in [2.05, 4.69) is 10.6 Å². The first kappa shape index (κ1) is 22.3. The second-order valence-corrected chi connectivity index (χ2v) is 10.9. The summed E-state index contributed by atoms with van der Waals surface area (Å²) < 4.78 is 5.79. The zero-order valence-electron chi connectivity index (χ0n) is 18.0. The number of ether oxygens (including phenoxy) is 1. The minimum absolute atomic E-state index is 0.0195. The van der Waals surface area contributed by atoms with Crippen LogP contribution in [0.5, 0.6) is 0 Å². The van der Waals surface area contributed by atoms with E-state index in [9.17, 15) is 4.79 Å². The topological polar surface area (TPSA) is 70.6 Å². The first-order valence-corrected chi connectivity index (χ1v) is 12.1. The standard InChI is InChI=1S/C24H37ClN2O3/c25-24(17-30-9-7-26-6-3-8-28)5-2-1-4-21(24)22(29)27-16-23-13-18-10-19(14-23)12-20(11-18)15-23/h1-2,4-5,18-21,26,28H,3,6-17H2,(H,27,29). The van der Waals surface area contributed by atoms with Gasteiger partial charge >= 0.3 is 0 Å². The molecule has 0 aromatic heterocycles. The Bertz CT molecular complexity index is 630. The van der Waals surface area contributed by atoms with Crippen molar-refractivity contribution in [3.8, 4) is 0 Å². The normalized spacial score (nSPS) is 38.9. The van der Waals surface area contributed by atoms with Crippen LogP contribution in [0.15, 0.2) is 24.3 Å². The van der Waals surface area contributed by atoms with Gasteiger partial charge in [0, 0.05) is 19.7 Å². The number of carbonyl (C=O) groups excluding carboxylic acids is 1. The highest BCUT2D eigenvalue weighted by Crippen LogP contribution is 2.59. The number of hydrogen-bond acceptors (Lipinski definition) is 4. The molecule has 2 unspecified atom stereocenters. The molecule has 168 valence electrons. The number of alkyl halides is 1. The number of aliphatic hydroxyl groups excluding tert-OH is 1. The summed E-state index contributed by atoms with van der Waals surface area (Å²) in [5, 5.41) is 15.3. The van der Waals surface area contributed by atoms with E-state index < -0.39 is 10.8 Å². The predicted molar refractivity (Wildman–Crippen MR) is 119 cm³/mol. The molecule has 0 saturated heterocycles. The largest absolute Gasteiger partial charge is 0.396 e. The Balaban J connectivity index is 1.27. The monoisotopic (exact) mass is 436 g/mol. The number of hydrogen-bond donors (Lipinski definition) is 3. The minimum Gasteiger partial charge on any atom is -0.396 e. The second-order valence-electron chi connectivity index (χ2n) is 10.2. The van der Waals surface area contributed by atoms with Gasteiger partial charge in [0.05, 0.1) is 19.1 Å². The second kappa shape index (κ2) is 9.72. The van der Waals surface area contributed by atoms with Gasteiger partial charge in [-0.25, -0.2) is 0 Å². The third-order valence-electron chi connectivity index (χ3n) is 7.65. The zero-order chi connectivity index (χ0) is 21.0. The number of nitrogens with one attached hydrogen (secondary N) is 2. The van der Waals surface area contributed by atoms with E-state index in [1.807, 2.05) is 24.3 Å². The van der Waals surface area contributed by atoms with Crippen molar-refractivity contribution in [3.05, 3.63) is 24.3 Å². The van der Waals surface area contributed by atoms with Crippen molar-refractivity contribution >= 4 is 17.5 Å². The van der Waals surface area contributed by atoms with Crippen molar-refractivity contribution in [1.29, 1.82) is 0 Å². The maximum Gasteiger partial charge on any atom is 0.229 e. The molecule has 0 aliphatic heterocycles. The van der Waals surface area contributed by atoms with Gasteiger partial charge in [0.15, 0.2) is 0 Å². The van der Waals surface area contributed by atoms with Crippen LogP contribution in [0.3, 0.4) is 0 Å². The summed E-state index contributed by atoms with van der Waals surface area (Å²) >= 11 is 6.88. The fourth-order valence-electron chi connectivity index (χ4n) is 6.69. The van der Waals surface area contributed by atoms with Gasteiger partial charge in [0.1, 0.15) is 4.87 Å². The van der Waals surface area contributed by atoms with Gasteiger partial charge in [-0.2, -0.15) is 0 Å². The van der Waals surface area contributed by atoms with E-state index in [0.717, 1.165) is 37.3 Å². The average molecular weight is 437 g/mol. The summed E-state index contributed by atoms with van der Waals surface area (Å²) in [7, 11) is 0. The summed E-state index contributed by atoms with van der Waals surface area (Å²) in [5.41, 5.74) is 0.324. The zero-order valence-corrected chi connectivity index (χ0v) is 18.7. The molecule has 5 aliphatic carbocycles. The molecule has 4 bridgehead atoms. The third-order valence-corrected chi connectivity index (χ3v) is 8.12. The maximum absolute atomic E-state index is 13.1. The molecule has 6 heteroatoms. The van der Waals surface area contributed by atoms with Crippen LogP contribution in [0.2, 0.25) is 0 Å². The van der Waals surface area contributed by atoms with Crippen LogP contribution in [0.4, 0.5) is 0 Å². The summed E-state index contributed by atoms with van der Waals surface area (Å²) in [4.78, 5) is 12.3. The molecule has 0 radical (unpaired) electrons. The molecule has 0 spiro atoms. The molecule has 5 nitrogen and oxygen atoms in total. The van der Waals surface area contributed by atoms with Gasteiger partial charge in [-0.05, 0) is 74.7 Å². The molecule has 1 amide bonds. The number of halogens is 1. The molecule has 5 rings (SSSR count). The fraction of sp³-hybridized carbons (Fsp3) is 0.792. The molecule has 3 N–H and O–H groups in total. The van der Waals surface area contributed by atoms with Gasteiger partial charge in [-0.15, -0.1) is 11.6 Å². The summed E-state index contributed by atoms with van der Waals surface area (Å²) in [5.74, 6) is 2.26. The lowest BCUT2D eigenvalue weighted by Gasteiger charge is -2.57. The van der Waals surface area contributed by atoms with Crippen molar-refractivity contribution < 1.29 is 14.6 Å². The van der Waals surface area contributed by atoms with Gasteiger partial charge in [-0.3, -0.25) is 4.79 Å². The van der Waals surface area contributed by atoms with Gasteiger partial charge in [-0.1, -0.05) is 24.3 Å². The highest BCUT2D eigenvalue weighted by atomic mass is 35.5. The Morgan fingerprint density at radius 2 is 1.80 bits per heavy atom. The van der Waals surface area contributed by atoms with Crippen molar-refractivity contribution in [2.45, 2.75) is 49.8 Å². The van der Waals surface area contributed by atoms with E-state index in [1.54, 1.807) is 0 Å². The SMILES string of the molecule is O=C(NCC12CC3CC(CC(C3)C1)C2)C1C=CC=CC1(Cl)COCCNCCCO. The number of amides is 1. The molecular formula is C24H37ClN2O3. The van der Waals surface area contributed by atoms with Crippen LogP contribution in [0.1, 0.15) is 44.9 Å². The third kappa shape index (κ3) is 5.12.